The minimum absolute atomic E-state index is 0.0907. The van der Waals surface area contributed by atoms with Crippen molar-refractivity contribution in [2.24, 2.45) is 0 Å². The van der Waals surface area contributed by atoms with Crippen molar-refractivity contribution in [3.63, 3.8) is 0 Å². The fraction of sp³-hybridized carbons (Fsp3) is 0.389. The maximum atomic E-state index is 12.3. The van der Waals surface area contributed by atoms with E-state index in [1.165, 1.54) is 18.9 Å². The second-order valence-corrected chi connectivity index (χ2v) is 6.87. The van der Waals surface area contributed by atoms with Gasteiger partial charge >= 0.3 is 0 Å². The van der Waals surface area contributed by atoms with E-state index in [-0.39, 0.29) is 17.2 Å². The summed E-state index contributed by atoms with van der Waals surface area (Å²) in [5.41, 5.74) is 2.08. The van der Waals surface area contributed by atoms with Gasteiger partial charge in [0.2, 0.25) is 5.91 Å². The molecule has 0 spiro atoms. The smallest absolute Gasteiger partial charge is 0.254 e. The maximum Gasteiger partial charge on any atom is 0.254 e. The molecule has 7 nitrogen and oxygen atoms in total. The zero-order valence-corrected chi connectivity index (χ0v) is 15.6. The van der Waals surface area contributed by atoms with Gasteiger partial charge in [-0.15, -0.1) is 0 Å². The number of methoxy groups -OCH3 is 2. The number of aromatic nitrogens is 2. The predicted molar refractivity (Wildman–Crippen MR) is 100 cm³/mol. The first kappa shape index (κ1) is 18.3. The van der Waals surface area contributed by atoms with Crippen LogP contribution in [0.1, 0.15) is 24.1 Å². The van der Waals surface area contributed by atoms with Gasteiger partial charge in [-0.3, -0.25) is 9.59 Å². The molecule has 26 heavy (non-hydrogen) atoms. The number of fused-ring (bicyclic) bond motifs is 1. The lowest BCUT2D eigenvalue weighted by Gasteiger charge is -2.14. The number of hydrogen-bond donors (Lipinski definition) is 2. The Bertz CT molecular complexity index is 866. The Kier molecular flexibility index (Phi) is 5.82. The van der Waals surface area contributed by atoms with Gasteiger partial charge in [0, 0.05) is 11.6 Å². The van der Waals surface area contributed by atoms with Crippen LogP contribution in [0, 0.1) is 0 Å². The van der Waals surface area contributed by atoms with Crippen LogP contribution in [0.15, 0.2) is 28.2 Å². The molecular weight excluding hydrogens is 354 g/mol. The van der Waals surface area contributed by atoms with Crippen LogP contribution in [0.25, 0.3) is 0 Å². The number of aryl methyl sites for hydroxylation is 1. The Morgan fingerprint density at radius 1 is 1.27 bits per heavy atom. The van der Waals surface area contributed by atoms with Crippen LogP contribution in [-0.4, -0.2) is 35.8 Å². The van der Waals surface area contributed by atoms with Gasteiger partial charge in [-0.25, -0.2) is 4.98 Å². The van der Waals surface area contributed by atoms with Crippen LogP contribution >= 0.6 is 11.8 Å². The molecule has 0 saturated carbocycles. The SMILES string of the molecule is COc1ccc(OC)c(NC(=O)CSc2nc3c(c(=O)[nH]2)CCCC3)c1. The van der Waals surface area contributed by atoms with Gasteiger partial charge in [-0.1, -0.05) is 11.8 Å². The van der Waals surface area contributed by atoms with Crippen molar-refractivity contribution in [3.8, 4) is 11.5 Å². The number of hydrogen-bond acceptors (Lipinski definition) is 6. The van der Waals surface area contributed by atoms with Crippen molar-refractivity contribution in [1.29, 1.82) is 0 Å². The van der Waals surface area contributed by atoms with Crippen LogP contribution in [0.2, 0.25) is 0 Å². The highest BCUT2D eigenvalue weighted by molar-refractivity contribution is 7.99. The summed E-state index contributed by atoms with van der Waals surface area (Å²) in [7, 11) is 3.09. The molecule has 1 amide bonds. The first-order valence-electron chi connectivity index (χ1n) is 8.37. The van der Waals surface area contributed by atoms with Crippen molar-refractivity contribution in [2.75, 3.05) is 25.3 Å². The summed E-state index contributed by atoms with van der Waals surface area (Å²) in [5.74, 6) is 1.07. The minimum atomic E-state index is -0.220. The summed E-state index contributed by atoms with van der Waals surface area (Å²) in [6.45, 7) is 0. The van der Waals surface area contributed by atoms with E-state index in [9.17, 15) is 9.59 Å². The van der Waals surface area contributed by atoms with Gasteiger partial charge in [0.25, 0.3) is 5.56 Å². The summed E-state index contributed by atoms with van der Waals surface area (Å²) < 4.78 is 10.4. The van der Waals surface area contributed by atoms with Gasteiger partial charge in [0.1, 0.15) is 11.5 Å². The van der Waals surface area contributed by atoms with E-state index in [0.29, 0.717) is 22.3 Å². The highest BCUT2D eigenvalue weighted by Gasteiger charge is 2.16. The quantitative estimate of drug-likeness (QED) is 0.595. The molecule has 0 bridgehead atoms. The molecule has 0 radical (unpaired) electrons. The van der Waals surface area contributed by atoms with E-state index < -0.39 is 0 Å². The molecule has 0 saturated heterocycles. The van der Waals surface area contributed by atoms with Crippen LogP contribution in [0.5, 0.6) is 11.5 Å². The van der Waals surface area contributed by atoms with Crippen LogP contribution in [0.3, 0.4) is 0 Å². The minimum Gasteiger partial charge on any atom is -0.497 e. The molecule has 8 heteroatoms. The number of nitrogens with zero attached hydrogens (tertiary/aromatic N) is 1. The van der Waals surface area contributed by atoms with Gasteiger partial charge in [0.15, 0.2) is 5.16 Å². The van der Waals surface area contributed by atoms with Gasteiger partial charge < -0.3 is 19.8 Å². The summed E-state index contributed by atoms with van der Waals surface area (Å²) in [4.78, 5) is 31.7. The van der Waals surface area contributed by atoms with E-state index >= 15 is 0 Å². The molecule has 0 unspecified atom stereocenters. The molecule has 0 atom stereocenters. The number of thioether (sulfide) groups is 1. The first-order valence-corrected chi connectivity index (χ1v) is 9.36. The normalized spacial score (nSPS) is 13.0. The molecule has 2 aromatic rings. The Hall–Kier alpha value is -2.48. The van der Waals surface area contributed by atoms with Crippen molar-refractivity contribution in [2.45, 2.75) is 30.8 Å². The number of carbonyl (C=O) groups is 1. The molecule has 2 N–H and O–H groups in total. The average Bonchev–Trinajstić information content (AvgIpc) is 2.66. The Morgan fingerprint density at radius 3 is 2.85 bits per heavy atom. The average molecular weight is 375 g/mol. The zero-order chi connectivity index (χ0) is 18.5. The number of carbonyl (C=O) groups excluding carboxylic acids is 1. The highest BCUT2D eigenvalue weighted by Crippen LogP contribution is 2.29. The van der Waals surface area contributed by atoms with Crippen molar-refractivity contribution >= 4 is 23.4 Å². The van der Waals surface area contributed by atoms with Gasteiger partial charge in [-0.05, 0) is 37.8 Å². The Balaban J connectivity index is 1.66. The number of aromatic amines is 1. The number of H-pyrrole nitrogens is 1. The van der Waals surface area contributed by atoms with E-state index in [2.05, 4.69) is 15.3 Å². The molecule has 1 heterocycles. The third-order valence-corrected chi connectivity index (χ3v) is 5.06. The van der Waals surface area contributed by atoms with Crippen LogP contribution < -0.4 is 20.3 Å². The number of amides is 1. The standard InChI is InChI=1S/C18H21N3O4S/c1-24-11-7-8-15(25-2)14(9-11)19-16(22)10-26-18-20-13-6-4-3-5-12(13)17(23)21-18/h7-9H,3-6,10H2,1-2H3,(H,19,22)(H,20,21,23). The fourth-order valence-corrected chi connectivity index (χ4v) is 3.56. The van der Waals surface area contributed by atoms with Gasteiger partial charge in [0.05, 0.1) is 31.4 Å². The maximum absolute atomic E-state index is 12.3. The lowest BCUT2D eigenvalue weighted by molar-refractivity contribution is -0.113. The van der Waals surface area contributed by atoms with Crippen LogP contribution in [0.4, 0.5) is 5.69 Å². The number of nitrogens with one attached hydrogen (secondary N) is 2. The topological polar surface area (TPSA) is 93.3 Å². The second-order valence-electron chi connectivity index (χ2n) is 5.91. The molecule has 0 fully saturated rings. The predicted octanol–water partition coefficient (Wildman–Crippen LogP) is 2.40. The number of rotatable bonds is 6. The lowest BCUT2D eigenvalue weighted by Crippen LogP contribution is -2.22. The van der Waals surface area contributed by atoms with E-state index in [4.69, 9.17) is 9.47 Å². The number of anilines is 1. The summed E-state index contributed by atoms with van der Waals surface area (Å²) in [5, 5.41) is 3.27. The third-order valence-electron chi connectivity index (χ3n) is 4.19. The fourth-order valence-electron chi connectivity index (χ4n) is 2.88. The molecule has 1 aromatic carbocycles. The van der Waals surface area contributed by atoms with Crippen molar-refractivity contribution in [3.05, 3.63) is 39.8 Å². The largest absolute Gasteiger partial charge is 0.497 e. The molecule has 1 aromatic heterocycles. The summed E-state index contributed by atoms with van der Waals surface area (Å²) in [6, 6.07) is 5.18. The van der Waals surface area contributed by atoms with E-state index in [1.54, 1.807) is 25.3 Å². The Morgan fingerprint density at radius 2 is 2.08 bits per heavy atom. The molecular formula is C18H21N3O4S. The van der Waals surface area contributed by atoms with E-state index in [1.807, 2.05) is 0 Å². The number of ether oxygens (including phenoxy) is 2. The Labute approximate surface area is 155 Å². The second kappa shape index (κ2) is 8.27. The number of benzene rings is 1. The zero-order valence-electron chi connectivity index (χ0n) is 14.8. The van der Waals surface area contributed by atoms with E-state index in [0.717, 1.165) is 36.9 Å². The summed E-state index contributed by atoms with van der Waals surface area (Å²) in [6.07, 6.45) is 3.66. The monoisotopic (exact) mass is 375 g/mol. The molecule has 138 valence electrons. The molecule has 1 aliphatic carbocycles. The van der Waals surface area contributed by atoms with Crippen LogP contribution in [-0.2, 0) is 17.6 Å². The highest BCUT2D eigenvalue weighted by atomic mass is 32.2. The third kappa shape index (κ3) is 4.19. The molecule has 1 aliphatic rings. The lowest BCUT2D eigenvalue weighted by atomic mass is 9.97. The van der Waals surface area contributed by atoms with Gasteiger partial charge in [-0.2, -0.15) is 0 Å². The molecule has 0 aliphatic heterocycles. The van der Waals surface area contributed by atoms with Crippen molar-refractivity contribution in [1.82, 2.24) is 9.97 Å². The first-order chi connectivity index (χ1) is 12.6. The summed E-state index contributed by atoms with van der Waals surface area (Å²) >= 11 is 1.21. The molecule has 3 rings (SSSR count). The van der Waals surface area contributed by atoms with Crippen molar-refractivity contribution < 1.29 is 14.3 Å².